The van der Waals surface area contributed by atoms with Crippen molar-refractivity contribution in [3.05, 3.63) is 0 Å². The first-order chi connectivity index (χ1) is 5.36. The van der Waals surface area contributed by atoms with Crippen LogP contribution < -0.4 is 5.32 Å². The van der Waals surface area contributed by atoms with Crippen LogP contribution in [0, 0.1) is 12.3 Å². The van der Waals surface area contributed by atoms with Crippen molar-refractivity contribution in [3.63, 3.8) is 0 Å². The largest absolute Gasteiger partial charge is 0.306 e. The maximum absolute atomic E-state index is 5.32. The summed E-state index contributed by atoms with van der Waals surface area (Å²) in [6.07, 6.45) is 7.99. The summed E-state index contributed by atoms with van der Waals surface area (Å²) in [5, 5.41) is 3.10. The number of terminal acetylenes is 1. The van der Waals surface area contributed by atoms with Crippen LogP contribution in [0.5, 0.6) is 0 Å². The summed E-state index contributed by atoms with van der Waals surface area (Å²) in [6.45, 7) is 3.45. The molecule has 0 aromatic carbocycles. The van der Waals surface area contributed by atoms with Gasteiger partial charge >= 0.3 is 0 Å². The smallest absolute Gasteiger partial charge is 0.0813 e. The number of hydrogen-bond acceptors (Lipinski definition) is 2. The lowest BCUT2D eigenvalue weighted by molar-refractivity contribution is 0.320. The average molecular weight is 152 g/mol. The van der Waals surface area contributed by atoms with Gasteiger partial charge in [-0.1, -0.05) is 5.92 Å². The first-order valence-electron chi connectivity index (χ1n) is 4.22. The molecule has 1 aliphatic rings. The highest BCUT2D eigenvalue weighted by atomic mass is 15.2. The van der Waals surface area contributed by atoms with E-state index in [-0.39, 0.29) is 6.04 Å². The zero-order valence-corrected chi connectivity index (χ0v) is 7.14. The molecule has 62 valence electrons. The van der Waals surface area contributed by atoms with Gasteiger partial charge in [0.1, 0.15) is 0 Å². The Bertz CT molecular complexity index is 142. The normalized spacial score (nSPS) is 21.5. The van der Waals surface area contributed by atoms with E-state index >= 15 is 0 Å². The van der Waals surface area contributed by atoms with Gasteiger partial charge in [0.15, 0.2) is 0 Å². The zero-order chi connectivity index (χ0) is 8.10. The summed E-state index contributed by atoms with van der Waals surface area (Å²) in [4.78, 5) is 2.42. The summed E-state index contributed by atoms with van der Waals surface area (Å²) in [5.74, 6) is 2.73. The molecule has 1 fully saturated rings. The van der Waals surface area contributed by atoms with E-state index in [0.717, 1.165) is 6.54 Å². The molecule has 2 heteroatoms. The average Bonchev–Trinajstić information content (AvgIpc) is 2.52. The SMILES string of the molecule is C#CC(CN1CCCC1)NC. The third-order valence-corrected chi connectivity index (χ3v) is 2.19. The predicted molar refractivity (Wildman–Crippen MR) is 47.4 cm³/mol. The number of nitrogens with zero attached hydrogens (tertiary/aromatic N) is 1. The molecule has 0 spiro atoms. The van der Waals surface area contributed by atoms with E-state index in [0.29, 0.717) is 0 Å². The van der Waals surface area contributed by atoms with Crippen molar-refractivity contribution >= 4 is 0 Å². The molecule has 11 heavy (non-hydrogen) atoms. The number of hydrogen-bond donors (Lipinski definition) is 1. The van der Waals surface area contributed by atoms with Crippen molar-refractivity contribution < 1.29 is 0 Å². The third kappa shape index (κ3) is 2.53. The lowest BCUT2D eigenvalue weighted by Gasteiger charge is -2.18. The van der Waals surface area contributed by atoms with E-state index in [2.05, 4.69) is 16.1 Å². The topological polar surface area (TPSA) is 15.3 Å². The third-order valence-electron chi connectivity index (χ3n) is 2.19. The molecular weight excluding hydrogens is 136 g/mol. The van der Waals surface area contributed by atoms with Crippen LogP contribution in [0.2, 0.25) is 0 Å². The minimum atomic E-state index is 0.230. The van der Waals surface area contributed by atoms with Gasteiger partial charge in [-0.2, -0.15) is 0 Å². The molecule has 0 aliphatic carbocycles. The lowest BCUT2D eigenvalue weighted by atomic mass is 10.3. The molecule has 0 aromatic heterocycles. The Balaban J connectivity index is 2.23. The first kappa shape index (κ1) is 8.58. The maximum Gasteiger partial charge on any atom is 0.0813 e. The Labute approximate surface area is 69.0 Å². The second-order valence-electron chi connectivity index (χ2n) is 3.02. The summed E-state index contributed by atoms with van der Waals surface area (Å²) < 4.78 is 0. The van der Waals surface area contributed by atoms with Crippen molar-refractivity contribution in [2.24, 2.45) is 0 Å². The van der Waals surface area contributed by atoms with Gasteiger partial charge in [0, 0.05) is 6.54 Å². The predicted octanol–water partition coefficient (Wildman–Crippen LogP) is 0.303. The van der Waals surface area contributed by atoms with Crippen LogP contribution in [0.25, 0.3) is 0 Å². The van der Waals surface area contributed by atoms with Gasteiger partial charge in [-0.25, -0.2) is 0 Å². The first-order valence-corrected chi connectivity index (χ1v) is 4.22. The van der Waals surface area contributed by atoms with E-state index in [9.17, 15) is 0 Å². The van der Waals surface area contributed by atoms with Crippen molar-refractivity contribution in [2.75, 3.05) is 26.7 Å². The van der Waals surface area contributed by atoms with Gasteiger partial charge in [-0.15, -0.1) is 6.42 Å². The maximum atomic E-state index is 5.32. The molecule has 1 heterocycles. The van der Waals surface area contributed by atoms with Crippen molar-refractivity contribution in [2.45, 2.75) is 18.9 Å². The standard InChI is InChI=1S/C9H16N2/c1-3-9(10-2)8-11-6-4-5-7-11/h1,9-10H,4-8H2,2H3. The molecule has 0 radical (unpaired) electrons. The van der Waals surface area contributed by atoms with E-state index in [1.54, 1.807) is 0 Å². The quantitative estimate of drug-likeness (QED) is 0.585. The van der Waals surface area contributed by atoms with Gasteiger partial charge in [0.2, 0.25) is 0 Å². The van der Waals surface area contributed by atoms with Crippen LogP contribution in [-0.2, 0) is 0 Å². The van der Waals surface area contributed by atoms with Crippen molar-refractivity contribution in [1.29, 1.82) is 0 Å². The molecule has 1 saturated heterocycles. The zero-order valence-electron chi connectivity index (χ0n) is 7.14. The Morgan fingerprint density at radius 3 is 2.64 bits per heavy atom. The van der Waals surface area contributed by atoms with Crippen molar-refractivity contribution in [1.82, 2.24) is 10.2 Å². The second kappa shape index (κ2) is 4.38. The Hall–Kier alpha value is -0.520. The van der Waals surface area contributed by atoms with Crippen LogP contribution in [-0.4, -0.2) is 37.6 Å². The Morgan fingerprint density at radius 2 is 2.18 bits per heavy atom. The number of likely N-dealkylation sites (tertiary alicyclic amines) is 1. The van der Waals surface area contributed by atoms with E-state index in [1.165, 1.54) is 25.9 Å². The molecule has 0 aromatic rings. The van der Waals surface area contributed by atoms with Crippen LogP contribution in [0.1, 0.15) is 12.8 Å². The molecule has 1 unspecified atom stereocenters. The molecule has 2 nitrogen and oxygen atoms in total. The molecular formula is C9H16N2. The highest BCUT2D eigenvalue weighted by molar-refractivity contribution is 4.99. The molecule has 0 amide bonds. The van der Waals surface area contributed by atoms with Crippen LogP contribution >= 0.6 is 0 Å². The van der Waals surface area contributed by atoms with Crippen LogP contribution in [0.15, 0.2) is 0 Å². The highest BCUT2D eigenvalue weighted by Gasteiger charge is 2.14. The molecule has 1 rings (SSSR count). The highest BCUT2D eigenvalue weighted by Crippen LogP contribution is 2.06. The van der Waals surface area contributed by atoms with Gasteiger partial charge in [0.25, 0.3) is 0 Å². The minimum absolute atomic E-state index is 0.230. The molecule has 1 N–H and O–H groups in total. The number of likely N-dealkylation sites (N-methyl/N-ethyl adjacent to an activating group) is 1. The molecule has 0 saturated carbocycles. The monoisotopic (exact) mass is 152 g/mol. The summed E-state index contributed by atoms with van der Waals surface area (Å²) in [5.41, 5.74) is 0. The molecule has 1 aliphatic heterocycles. The van der Waals surface area contributed by atoms with Gasteiger partial charge < -0.3 is 10.2 Å². The van der Waals surface area contributed by atoms with Gasteiger partial charge in [-0.05, 0) is 33.0 Å². The molecule has 1 atom stereocenters. The Morgan fingerprint density at radius 1 is 1.55 bits per heavy atom. The fourth-order valence-corrected chi connectivity index (χ4v) is 1.45. The van der Waals surface area contributed by atoms with Crippen LogP contribution in [0.4, 0.5) is 0 Å². The summed E-state index contributed by atoms with van der Waals surface area (Å²) >= 11 is 0. The number of rotatable bonds is 3. The van der Waals surface area contributed by atoms with E-state index in [4.69, 9.17) is 6.42 Å². The second-order valence-corrected chi connectivity index (χ2v) is 3.02. The number of nitrogens with one attached hydrogen (secondary N) is 1. The van der Waals surface area contributed by atoms with E-state index < -0.39 is 0 Å². The molecule has 0 bridgehead atoms. The van der Waals surface area contributed by atoms with E-state index in [1.807, 2.05) is 7.05 Å². The van der Waals surface area contributed by atoms with Gasteiger partial charge in [0.05, 0.1) is 6.04 Å². The summed E-state index contributed by atoms with van der Waals surface area (Å²) in [7, 11) is 1.92. The fourth-order valence-electron chi connectivity index (χ4n) is 1.45. The van der Waals surface area contributed by atoms with Crippen LogP contribution in [0.3, 0.4) is 0 Å². The van der Waals surface area contributed by atoms with Gasteiger partial charge in [-0.3, -0.25) is 0 Å². The van der Waals surface area contributed by atoms with Crippen molar-refractivity contribution in [3.8, 4) is 12.3 Å². The Kier molecular flexibility index (Phi) is 3.41. The summed E-state index contributed by atoms with van der Waals surface area (Å²) in [6, 6.07) is 0.230. The fraction of sp³-hybridized carbons (Fsp3) is 0.778. The lowest BCUT2D eigenvalue weighted by Crippen LogP contribution is -2.36. The minimum Gasteiger partial charge on any atom is -0.306 e.